The van der Waals surface area contributed by atoms with Crippen LogP contribution in [0, 0.1) is 0 Å². The highest BCUT2D eigenvalue weighted by Crippen LogP contribution is 2.09. The molecule has 0 aliphatic rings. The van der Waals surface area contributed by atoms with E-state index in [9.17, 15) is 0 Å². The van der Waals surface area contributed by atoms with Crippen molar-refractivity contribution in [3.05, 3.63) is 23.2 Å². The molecule has 1 atom stereocenters. The standard InChI is InChI=1S/C7H10ClN3/c1-5(2-9)7-10-3-6(8)4-11-7/h3-5H,2,9H2,1H3. The fourth-order valence-electron chi connectivity index (χ4n) is 0.682. The van der Waals surface area contributed by atoms with Gasteiger partial charge in [-0.15, -0.1) is 0 Å². The first kappa shape index (κ1) is 8.43. The smallest absolute Gasteiger partial charge is 0.132 e. The Morgan fingerprint density at radius 3 is 2.55 bits per heavy atom. The number of halogens is 1. The fraction of sp³-hybridized carbons (Fsp3) is 0.429. The second kappa shape index (κ2) is 3.64. The van der Waals surface area contributed by atoms with E-state index in [1.54, 1.807) is 12.4 Å². The lowest BCUT2D eigenvalue weighted by Crippen LogP contribution is -2.11. The Kier molecular flexibility index (Phi) is 2.79. The first-order valence-corrected chi connectivity index (χ1v) is 3.79. The lowest BCUT2D eigenvalue weighted by atomic mass is 10.2. The molecule has 0 aliphatic heterocycles. The van der Waals surface area contributed by atoms with Crippen molar-refractivity contribution in [2.24, 2.45) is 5.73 Å². The van der Waals surface area contributed by atoms with Crippen LogP contribution in [-0.4, -0.2) is 16.5 Å². The molecule has 1 unspecified atom stereocenters. The molecule has 11 heavy (non-hydrogen) atoms. The van der Waals surface area contributed by atoms with Gasteiger partial charge in [0.15, 0.2) is 0 Å². The van der Waals surface area contributed by atoms with Gasteiger partial charge in [-0.2, -0.15) is 0 Å². The maximum Gasteiger partial charge on any atom is 0.132 e. The van der Waals surface area contributed by atoms with Gasteiger partial charge in [0.25, 0.3) is 0 Å². The monoisotopic (exact) mass is 171 g/mol. The van der Waals surface area contributed by atoms with E-state index in [-0.39, 0.29) is 5.92 Å². The molecule has 0 bridgehead atoms. The Bertz CT molecular complexity index is 222. The third-order valence-corrected chi connectivity index (χ3v) is 1.63. The predicted octanol–water partition coefficient (Wildman–Crippen LogP) is 1.19. The third kappa shape index (κ3) is 2.13. The molecule has 0 radical (unpaired) electrons. The minimum absolute atomic E-state index is 0.201. The lowest BCUT2D eigenvalue weighted by molar-refractivity contribution is 0.711. The highest BCUT2D eigenvalue weighted by molar-refractivity contribution is 6.30. The van der Waals surface area contributed by atoms with Gasteiger partial charge in [0, 0.05) is 24.9 Å². The predicted molar refractivity (Wildman–Crippen MR) is 44.5 cm³/mol. The molecule has 0 saturated carbocycles. The van der Waals surface area contributed by atoms with Gasteiger partial charge < -0.3 is 5.73 Å². The van der Waals surface area contributed by atoms with Crippen LogP contribution in [0.2, 0.25) is 5.02 Å². The maximum absolute atomic E-state index is 5.60. The molecule has 0 saturated heterocycles. The summed E-state index contributed by atoms with van der Waals surface area (Å²) in [6.45, 7) is 2.53. The number of rotatable bonds is 2. The van der Waals surface area contributed by atoms with Gasteiger partial charge in [0.2, 0.25) is 0 Å². The van der Waals surface area contributed by atoms with Crippen LogP contribution in [0.1, 0.15) is 18.7 Å². The molecule has 0 amide bonds. The Morgan fingerprint density at radius 1 is 1.55 bits per heavy atom. The van der Waals surface area contributed by atoms with Crippen molar-refractivity contribution >= 4 is 11.6 Å². The summed E-state index contributed by atoms with van der Waals surface area (Å²) in [5.41, 5.74) is 5.43. The normalized spacial score (nSPS) is 13.0. The van der Waals surface area contributed by atoms with Crippen molar-refractivity contribution < 1.29 is 0 Å². The quantitative estimate of drug-likeness (QED) is 0.728. The van der Waals surface area contributed by atoms with Crippen molar-refractivity contribution in [2.45, 2.75) is 12.8 Å². The van der Waals surface area contributed by atoms with Crippen LogP contribution in [0.3, 0.4) is 0 Å². The van der Waals surface area contributed by atoms with Crippen LogP contribution in [-0.2, 0) is 0 Å². The van der Waals surface area contributed by atoms with Crippen molar-refractivity contribution in [2.75, 3.05) is 6.54 Å². The summed E-state index contributed by atoms with van der Waals surface area (Å²) in [4.78, 5) is 8.05. The van der Waals surface area contributed by atoms with E-state index in [1.165, 1.54) is 0 Å². The average Bonchev–Trinajstić information content (AvgIpc) is 2.05. The van der Waals surface area contributed by atoms with Gasteiger partial charge in [-0.3, -0.25) is 0 Å². The lowest BCUT2D eigenvalue weighted by Gasteiger charge is -2.04. The van der Waals surface area contributed by atoms with E-state index in [2.05, 4.69) is 9.97 Å². The summed E-state index contributed by atoms with van der Waals surface area (Å²) in [6, 6.07) is 0. The Labute approximate surface area is 70.6 Å². The molecule has 1 aromatic heterocycles. The molecule has 2 N–H and O–H groups in total. The molecule has 4 heteroatoms. The highest BCUT2D eigenvalue weighted by Gasteiger charge is 2.04. The van der Waals surface area contributed by atoms with E-state index in [1.807, 2.05) is 6.92 Å². The van der Waals surface area contributed by atoms with E-state index in [0.717, 1.165) is 5.82 Å². The molecule has 1 heterocycles. The zero-order chi connectivity index (χ0) is 8.27. The van der Waals surface area contributed by atoms with Crippen molar-refractivity contribution in [1.82, 2.24) is 9.97 Å². The number of hydrogen-bond acceptors (Lipinski definition) is 3. The minimum atomic E-state index is 0.201. The average molecular weight is 172 g/mol. The van der Waals surface area contributed by atoms with Crippen LogP contribution in [0.15, 0.2) is 12.4 Å². The second-order valence-electron chi connectivity index (χ2n) is 2.40. The number of nitrogens with two attached hydrogens (primary N) is 1. The molecule has 0 aliphatic carbocycles. The highest BCUT2D eigenvalue weighted by atomic mass is 35.5. The zero-order valence-corrected chi connectivity index (χ0v) is 7.04. The fourth-order valence-corrected chi connectivity index (χ4v) is 0.780. The minimum Gasteiger partial charge on any atom is -0.330 e. The van der Waals surface area contributed by atoms with Crippen LogP contribution in [0.25, 0.3) is 0 Å². The summed E-state index contributed by atoms with van der Waals surface area (Å²) in [5.74, 6) is 0.948. The van der Waals surface area contributed by atoms with Crippen LogP contribution >= 0.6 is 11.6 Å². The molecular formula is C7H10ClN3. The Hall–Kier alpha value is -0.670. The van der Waals surface area contributed by atoms with Crippen LogP contribution in [0.4, 0.5) is 0 Å². The molecule has 0 fully saturated rings. The van der Waals surface area contributed by atoms with Gasteiger partial charge in [-0.05, 0) is 0 Å². The van der Waals surface area contributed by atoms with E-state index in [4.69, 9.17) is 17.3 Å². The van der Waals surface area contributed by atoms with Crippen molar-refractivity contribution in [3.63, 3.8) is 0 Å². The molecule has 0 spiro atoms. The first-order chi connectivity index (χ1) is 5.24. The molecular weight excluding hydrogens is 162 g/mol. The molecule has 1 aromatic rings. The second-order valence-corrected chi connectivity index (χ2v) is 2.83. The first-order valence-electron chi connectivity index (χ1n) is 3.41. The van der Waals surface area contributed by atoms with Crippen molar-refractivity contribution in [3.8, 4) is 0 Å². The summed E-state index contributed by atoms with van der Waals surface area (Å²) in [6.07, 6.45) is 3.16. The number of aromatic nitrogens is 2. The summed E-state index contributed by atoms with van der Waals surface area (Å²) in [7, 11) is 0. The molecule has 0 aromatic carbocycles. The Morgan fingerprint density at radius 2 is 2.09 bits per heavy atom. The Balaban J connectivity index is 2.81. The summed E-state index contributed by atoms with van der Waals surface area (Å²) < 4.78 is 0. The maximum atomic E-state index is 5.60. The van der Waals surface area contributed by atoms with Gasteiger partial charge in [-0.25, -0.2) is 9.97 Å². The zero-order valence-electron chi connectivity index (χ0n) is 6.29. The summed E-state index contributed by atoms with van der Waals surface area (Å²) >= 11 is 5.60. The largest absolute Gasteiger partial charge is 0.330 e. The molecule has 1 rings (SSSR count). The van der Waals surface area contributed by atoms with Crippen LogP contribution in [0.5, 0.6) is 0 Å². The van der Waals surface area contributed by atoms with Crippen molar-refractivity contribution in [1.29, 1.82) is 0 Å². The van der Waals surface area contributed by atoms with E-state index >= 15 is 0 Å². The SMILES string of the molecule is CC(CN)c1ncc(Cl)cn1. The number of hydrogen-bond donors (Lipinski definition) is 1. The van der Waals surface area contributed by atoms with Crippen LogP contribution < -0.4 is 5.73 Å². The van der Waals surface area contributed by atoms with Gasteiger partial charge in [0.1, 0.15) is 5.82 Å². The summed E-state index contributed by atoms with van der Waals surface area (Å²) in [5, 5.41) is 0.554. The van der Waals surface area contributed by atoms with Gasteiger partial charge >= 0.3 is 0 Å². The topological polar surface area (TPSA) is 51.8 Å². The van der Waals surface area contributed by atoms with E-state index < -0.39 is 0 Å². The number of nitrogens with zero attached hydrogens (tertiary/aromatic N) is 2. The third-order valence-electron chi connectivity index (χ3n) is 1.43. The van der Waals surface area contributed by atoms with Gasteiger partial charge in [0.05, 0.1) is 5.02 Å². The van der Waals surface area contributed by atoms with Gasteiger partial charge in [-0.1, -0.05) is 18.5 Å². The molecule has 3 nitrogen and oxygen atoms in total. The molecule has 60 valence electrons. The van der Waals surface area contributed by atoms with E-state index in [0.29, 0.717) is 11.6 Å².